The molecule has 0 aliphatic carbocycles. The van der Waals surface area contributed by atoms with Gasteiger partial charge in [0.05, 0.1) is 7.11 Å². The number of amides is 2. The zero-order valence-corrected chi connectivity index (χ0v) is 18.4. The number of fused-ring (bicyclic) bond motifs is 1. The lowest BCUT2D eigenvalue weighted by atomic mass is 9.99. The molecule has 1 unspecified atom stereocenters. The topological polar surface area (TPSA) is 62.3 Å². The first-order valence-corrected chi connectivity index (χ1v) is 10.2. The first-order chi connectivity index (χ1) is 14.2. The molecule has 7 nitrogen and oxygen atoms in total. The maximum atomic E-state index is 13.2. The number of benzene rings is 2. The van der Waals surface area contributed by atoms with E-state index < -0.39 is 11.6 Å². The molecule has 1 aliphatic heterocycles. The van der Waals surface area contributed by atoms with Crippen LogP contribution < -0.4 is 0 Å². The van der Waals surface area contributed by atoms with Crippen LogP contribution >= 0.6 is 0 Å². The summed E-state index contributed by atoms with van der Waals surface area (Å²) in [5.74, 6) is -0.140. The van der Waals surface area contributed by atoms with Gasteiger partial charge in [0, 0.05) is 33.2 Å². The fourth-order valence-corrected chi connectivity index (χ4v) is 3.64. The van der Waals surface area contributed by atoms with Gasteiger partial charge < -0.3 is 9.64 Å². The third-order valence-electron chi connectivity index (χ3n) is 5.24. The van der Waals surface area contributed by atoms with Crippen molar-refractivity contribution < 1.29 is 19.2 Å². The third-order valence-corrected chi connectivity index (χ3v) is 5.24. The van der Waals surface area contributed by atoms with E-state index in [-0.39, 0.29) is 12.0 Å². The fourth-order valence-electron chi connectivity index (χ4n) is 3.64. The van der Waals surface area contributed by atoms with Gasteiger partial charge in [-0.25, -0.2) is 9.86 Å². The number of hydrogen-bond donors (Lipinski definition) is 0. The van der Waals surface area contributed by atoms with Gasteiger partial charge in [-0.15, -0.1) is 0 Å². The lowest BCUT2D eigenvalue weighted by molar-refractivity contribution is -0.175. The highest BCUT2D eigenvalue weighted by Gasteiger charge is 2.34. The summed E-state index contributed by atoms with van der Waals surface area (Å²) in [7, 11) is 3.10. The third kappa shape index (κ3) is 5.09. The van der Waals surface area contributed by atoms with E-state index in [0.717, 1.165) is 16.3 Å². The summed E-state index contributed by atoms with van der Waals surface area (Å²) in [4.78, 5) is 34.5. The highest BCUT2D eigenvalue weighted by atomic mass is 16.7. The normalized spacial score (nSPS) is 16.4. The molecule has 3 rings (SSSR count). The van der Waals surface area contributed by atoms with E-state index in [1.54, 1.807) is 11.9 Å². The van der Waals surface area contributed by atoms with Gasteiger partial charge >= 0.3 is 6.09 Å². The van der Waals surface area contributed by atoms with Crippen molar-refractivity contribution in [2.75, 3.05) is 40.3 Å². The zero-order chi connectivity index (χ0) is 21.9. The molecule has 0 bridgehead atoms. The zero-order valence-electron chi connectivity index (χ0n) is 18.4. The van der Waals surface area contributed by atoms with Crippen LogP contribution in [0.25, 0.3) is 10.8 Å². The molecule has 1 aliphatic rings. The van der Waals surface area contributed by atoms with Crippen molar-refractivity contribution in [3.8, 4) is 0 Å². The van der Waals surface area contributed by atoms with E-state index in [1.807, 2.05) is 51.1 Å². The molecule has 1 saturated heterocycles. The average molecular weight is 414 g/mol. The van der Waals surface area contributed by atoms with Crippen molar-refractivity contribution in [3.05, 3.63) is 48.0 Å². The van der Waals surface area contributed by atoms with Crippen molar-refractivity contribution in [1.29, 1.82) is 0 Å². The number of carbonyl (C=O) groups is 2. The summed E-state index contributed by atoms with van der Waals surface area (Å²) < 4.78 is 5.48. The monoisotopic (exact) mass is 413 g/mol. The molecule has 30 heavy (non-hydrogen) atoms. The van der Waals surface area contributed by atoms with E-state index in [9.17, 15) is 9.59 Å². The minimum atomic E-state index is -0.529. The first kappa shape index (κ1) is 22.1. The van der Waals surface area contributed by atoms with Crippen LogP contribution in [0, 0.1) is 0 Å². The standard InChI is InChI=1S/C23H31N3O4/c1-23(2,3)30-22(28)26-14-12-25(13-15-26)20(21(27)24(4)29-5)19-11-10-17-8-6-7-9-18(17)16-19/h6-11,16,20H,12-15H2,1-5H3. The molecular formula is C23H31N3O4. The average Bonchev–Trinajstić information content (AvgIpc) is 2.72. The number of piperazine rings is 1. The van der Waals surface area contributed by atoms with E-state index in [4.69, 9.17) is 9.57 Å². The van der Waals surface area contributed by atoms with Gasteiger partial charge in [-0.3, -0.25) is 14.5 Å². The van der Waals surface area contributed by atoms with E-state index in [1.165, 1.54) is 12.2 Å². The molecule has 2 amide bonds. The number of nitrogens with zero attached hydrogens (tertiary/aromatic N) is 3. The van der Waals surface area contributed by atoms with Gasteiger partial charge in [0.2, 0.25) is 0 Å². The van der Waals surface area contributed by atoms with Gasteiger partial charge in [-0.05, 0) is 43.2 Å². The SMILES string of the molecule is CON(C)C(=O)C(c1ccc2ccccc2c1)N1CCN(C(=O)OC(C)(C)C)CC1. The van der Waals surface area contributed by atoms with Crippen LogP contribution in [0.2, 0.25) is 0 Å². The Balaban J connectivity index is 1.81. The number of likely N-dealkylation sites (N-methyl/N-ethyl adjacent to an activating group) is 1. The Labute approximate surface area is 178 Å². The second kappa shape index (κ2) is 9.02. The maximum Gasteiger partial charge on any atom is 0.410 e. The molecule has 1 atom stereocenters. The molecule has 7 heteroatoms. The largest absolute Gasteiger partial charge is 0.444 e. The Morgan fingerprint density at radius 2 is 1.63 bits per heavy atom. The molecule has 1 heterocycles. The number of ether oxygens (including phenoxy) is 1. The summed E-state index contributed by atoms with van der Waals surface area (Å²) >= 11 is 0. The van der Waals surface area contributed by atoms with Crippen LogP contribution in [0.1, 0.15) is 32.4 Å². The Bertz CT molecular complexity index is 901. The van der Waals surface area contributed by atoms with Crippen molar-refractivity contribution in [2.24, 2.45) is 0 Å². The number of rotatable bonds is 4. The summed E-state index contributed by atoms with van der Waals surface area (Å²) in [6, 6.07) is 13.7. The predicted molar refractivity (Wildman–Crippen MR) is 116 cm³/mol. The smallest absolute Gasteiger partial charge is 0.410 e. The molecule has 0 spiro atoms. The van der Waals surface area contributed by atoms with Crippen LogP contribution in [-0.4, -0.2) is 72.8 Å². The first-order valence-electron chi connectivity index (χ1n) is 10.2. The number of carbonyl (C=O) groups excluding carboxylic acids is 2. The minimum absolute atomic E-state index is 0.140. The molecule has 0 radical (unpaired) electrons. The Kier molecular flexibility index (Phi) is 6.63. The van der Waals surface area contributed by atoms with Gasteiger partial charge in [0.1, 0.15) is 11.6 Å². The Hall–Kier alpha value is -2.64. The molecular weight excluding hydrogens is 382 g/mol. The number of hydroxylamine groups is 2. The van der Waals surface area contributed by atoms with Gasteiger partial charge in [0.15, 0.2) is 0 Å². The summed E-state index contributed by atoms with van der Waals surface area (Å²) in [5, 5.41) is 3.47. The Morgan fingerprint density at radius 1 is 1.00 bits per heavy atom. The lowest BCUT2D eigenvalue weighted by Crippen LogP contribution is -2.53. The van der Waals surface area contributed by atoms with Crippen molar-refractivity contribution in [1.82, 2.24) is 14.9 Å². The van der Waals surface area contributed by atoms with Gasteiger partial charge in [0.25, 0.3) is 5.91 Å². The Morgan fingerprint density at radius 3 is 2.23 bits per heavy atom. The second-order valence-corrected chi connectivity index (χ2v) is 8.53. The van der Waals surface area contributed by atoms with Gasteiger partial charge in [-0.1, -0.05) is 36.4 Å². The van der Waals surface area contributed by atoms with Crippen molar-refractivity contribution in [3.63, 3.8) is 0 Å². The molecule has 1 fully saturated rings. The van der Waals surface area contributed by atoms with Crippen LogP contribution in [0.4, 0.5) is 4.79 Å². The molecule has 0 saturated carbocycles. The maximum absolute atomic E-state index is 13.2. The molecule has 2 aromatic carbocycles. The number of hydrogen-bond acceptors (Lipinski definition) is 5. The predicted octanol–water partition coefficient (Wildman–Crippen LogP) is 3.45. The highest BCUT2D eigenvalue weighted by Crippen LogP contribution is 2.28. The van der Waals surface area contributed by atoms with Crippen LogP contribution in [0.15, 0.2) is 42.5 Å². The van der Waals surface area contributed by atoms with Crippen molar-refractivity contribution in [2.45, 2.75) is 32.4 Å². The fraction of sp³-hybridized carbons (Fsp3) is 0.478. The van der Waals surface area contributed by atoms with Gasteiger partial charge in [-0.2, -0.15) is 0 Å². The molecule has 2 aromatic rings. The van der Waals surface area contributed by atoms with E-state index in [2.05, 4.69) is 17.0 Å². The minimum Gasteiger partial charge on any atom is -0.444 e. The molecule has 162 valence electrons. The quantitative estimate of drug-likeness (QED) is 0.719. The lowest BCUT2D eigenvalue weighted by Gasteiger charge is -2.39. The van der Waals surface area contributed by atoms with Crippen LogP contribution in [0.3, 0.4) is 0 Å². The van der Waals surface area contributed by atoms with E-state index >= 15 is 0 Å². The van der Waals surface area contributed by atoms with E-state index in [0.29, 0.717) is 26.2 Å². The van der Waals surface area contributed by atoms with Crippen LogP contribution in [0.5, 0.6) is 0 Å². The second-order valence-electron chi connectivity index (χ2n) is 8.53. The molecule has 0 N–H and O–H groups in total. The summed E-state index contributed by atoms with van der Waals surface area (Å²) in [6.07, 6.45) is -0.315. The van der Waals surface area contributed by atoms with Crippen molar-refractivity contribution >= 4 is 22.8 Å². The molecule has 0 aromatic heterocycles. The van der Waals surface area contributed by atoms with Crippen LogP contribution in [-0.2, 0) is 14.4 Å². The summed E-state index contributed by atoms with van der Waals surface area (Å²) in [5.41, 5.74) is 0.382. The highest BCUT2D eigenvalue weighted by molar-refractivity contribution is 5.87. The summed E-state index contributed by atoms with van der Waals surface area (Å²) in [6.45, 7) is 7.72.